The standard InChI is InChI=1S/C15H23N3O4/c1-9-6-12(17-7-10(9)13(19)18-16)20-8-11-14(2,3)22-15(4,5)21-11/h6-7,11H,8,16H2,1-5H3,(H,18,19)/t11-/m0/s1. The Kier molecular flexibility index (Phi) is 4.42. The van der Waals surface area contributed by atoms with Gasteiger partial charge >= 0.3 is 0 Å². The lowest BCUT2D eigenvalue weighted by atomic mass is 10.0. The first-order chi connectivity index (χ1) is 10.1. The molecule has 1 atom stereocenters. The van der Waals surface area contributed by atoms with Gasteiger partial charge in [0.2, 0.25) is 5.88 Å². The Labute approximate surface area is 130 Å². The number of nitrogens with two attached hydrogens (primary N) is 1. The van der Waals surface area contributed by atoms with E-state index >= 15 is 0 Å². The largest absolute Gasteiger partial charge is 0.475 e. The maximum Gasteiger partial charge on any atom is 0.267 e. The van der Waals surface area contributed by atoms with Gasteiger partial charge in [0.15, 0.2) is 5.79 Å². The number of nitrogens with one attached hydrogen (secondary N) is 1. The molecule has 3 N–H and O–H groups in total. The van der Waals surface area contributed by atoms with Crippen LogP contribution in [-0.2, 0) is 9.47 Å². The molecule has 22 heavy (non-hydrogen) atoms. The van der Waals surface area contributed by atoms with E-state index < -0.39 is 11.4 Å². The van der Waals surface area contributed by atoms with Gasteiger partial charge in [-0.05, 0) is 40.2 Å². The number of hydrogen-bond acceptors (Lipinski definition) is 6. The maximum atomic E-state index is 11.5. The number of hydrazine groups is 1. The number of amides is 1. The molecule has 0 aromatic carbocycles. The number of nitrogen functional groups attached to an aromatic ring is 1. The first-order valence-electron chi connectivity index (χ1n) is 7.13. The van der Waals surface area contributed by atoms with E-state index in [-0.39, 0.29) is 12.0 Å². The van der Waals surface area contributed by atoms with Gasteiger partial charge in [0.25, 0.3) is 5.91 Å². The lowest BCUT2D eigenvalue weighted by Gasteiger charge is -2.23. The fourth-order valence-corrected chi connectivity index (χ4v) is 2.53. The molecule has 1 aliphatic heterocycles. The van der Waals surface area contributed by atoms with E-state index in [0.717, 1.165) is 5.56 Å². The summed E-state index contributed by atoms with van der Waals surface area (Å²) in [6.45, 7) is 9.77. The van der Waals surface area contributed by atoms with Gasteiger partial charge in [-0.25, -0.2) is 10.8 Å². The van der Waals surface area contributed by atoms with Gasteiger partial charge in [0.1, 0.15) is 12.7 Å². The minimum Gasteiger partial charge on any atom is -0.475 e. The summed E-state index contributed by atoms with van der Waals surface area (Å²) in [5, 5.41) is 0. The summed E-state index contributed by atoms with van der Waals surface area (Å²) in [4.78, 5) is 15.6. The minimum absolute atomic E-state index is 0.211. The SMILES string of the molecule is Cc1cc(OC[C@@H]2OC(C)(C)OC2(C)C)ncc1C(=O)NN. The summed E-state index contributed by atoms with van der Waals surface area (Å²) >= 11 is 0. The smallest absolute Gasteiger partial charge is 0.267 e. The van der Waals surface area contributed by atoms with E-state index in [1.807, 2.05) is 27.7 Å². The summed E-state index contributed by atoms with van der Waals surface area (Å²) in [6, 6.07) is 1.69. The molecule has 1 amide bonds. The third-order valence-electron chi connectivity index (χ3n) is 3.55. The quantitative estimate of drug-likeness (QED) is 0.494. The molecule has 0 spiro atoms. The van der Waals surface area contributed by atoms with Crippen LogP contribution in [-0.4, -0.2) is 35.0 Å². The third kappa shape index (κ3) is 3.55. The second kappa shape index (κ2) is 5.83. The monoisotopic (exact) mass is 309 g/mol. The molecule has 2 heterocycles. The van der Waals surface area contributed by atoms with Crippen molar-refractivity contribution in [3.05, 3.63) is 23.4 Å². The van der Waals surface area contributed by atoms with Gasteiger partial charge < -0.3 is 14.2 Å². The summed E-state index contributed by atoms with van der Waals surface area (Å²) in [5.41, 5.74) is 2.78. The Balaban J connectivity index is 2.03. The van der Waals surface area contributed by atoms with Gasteiger partial charge in [0, 0.05) is 12.3 Å². The van der Waals surface area contributed by atoms with Gasteiger partial charge in [0.05, 0.1) is 11.2 Å². The average molecular weight is 309 g/mol. The number of aromatic nitrogens is 1. The number of ether oxygens (including phenoxy) is 3. The fraction of sp³-hybridized carbons (Fsp3) is 0.600. The molecule has 7 heteroatoms. The number of nitrogens with zero attached hydrogens (tertiary/aromatic N) is 1. The molecule has 0 saturated carbocycles. The first-order valence-corrected chi connectivity index (χ1v) is 7.13. The highest BCUT2D eigenvalue weighted by molar-refractivity contribution is 5.94. The minimum atomic E-state index is -0.635. The van der Waals surface area contributed by atoms with E-state index in [1.165, 1.54) is 6.20 Å². The number of rotatable bonds is 4. The van der Waals surface area contributed by atoms with E-state index in [2.05, 4.69) is 10.4 Å². The van der Waals surface area contributed by atoms with Crippen molar-refractivity contribution in [2.75, 3.05) is 6.61 Å². The van der Waals surface area contributed by atoms with Crippen LogP contribution in [0, 0.1) is 6.92 Å². The lowest BCUT2D eigenvalue weighted by Crippen LogP contribution is -2.37. The van der Waals surface area contributed by atoms with Gasteiger partial charge in [-0.3, -0.25) is 10.2 Å². The second-order valence-electron chi connectivity index (χ2n) is 6.33. The molecular weight excluding hydrogens is 286 g/mol. The van der Waals surface area contributed by atoms with E-state index in [4.69, 9.17) is 20.1 Å². The van der Waals surface area contributed by atoms with Crippen LogP contribution in [0.2, 0.25) is 0 Å². The van der Waals surface area contributed by atoms with Crippen molar-refractivity contribution in [2.24, 2.45) is 5.84 Å². The van der Waals surface area contributed by atoms with Crippen LogP contribution in [0.15, 0.2) is 12.3 Å². The van der Waals surface area contributed by atoms with Crippen LogP contribution >= 0.6 is 0 Å². The van der Waals surface area contributed by atoms with Crippen LogP contribution in [0.25, 0.3) is 0 Å². The molecule has 2 rings (SSSR count). The summed E-state index contributed by atoms with van der Waals surface area (Å²) in [5.74, 6) is 4.53. The molecule has 1 aromatic rings. The third-order valence-corrected chi connectivity index (χ3v) is 3.55. The second-order valence-corrected chi connectivity index (χ2v) is 6.33. The topological polar surface area (TPSA) is 95.7 Å². The number of aryl methyl sites for hydroxylation is 1. The van der Waals surface area contributed by atoms with Crippen LogP contribution < -0.4 is 16.0 Å². The first kappa shape index (κ1) is 16.7. The highest BCUT2D eigenvalue weighted by Gasteiger charge is 2.47. The number of carbonyl (C=O) groups is 1. The number of pyridine rings is 1. The average Bonchev–Trinajstić information content (AvgIpc) is 2.63. The molecule has 0 bridgehead atoms. The summed E-state index contributed by atoms with van der Waals surface area (Å²) in [6.07, 6.45) is 1.23. The highest BCUT2D eigenvalue weighted by atomic mass is 16.8. The Morgan fingerprint density at radius 1 is 1.45 bits per heavy atom. The van der Waals surface area contributed by atoms with Gasteiger partial charge in [-0.2, -0.15) is 0 Å². The van der Waals surface area contributed by atoms with Crippen LogP contribution in [0.3, 0.4) is 0 Å². The van der Waals surface area contributed by atoms with E-state index in [1.54, 1.807) is 13.0 Å². The predicted octanol–water partition coefficient (Wildman–Crippen LogP) is 1.30. The van der Waals surface area contributed by atoms with Crippen LogP contribution in [0.5, 0.6) is 5.88 Å². The van der Waals surface area contributed by atoms with Gasteiger partial charge in [-0.15, -0.1) is 0 Å². The summed E-state index contributed by atoms with van der Waals surface area (Å²) < 4.78 is 17.4. The highest BCUT2D eigenvalue weighted by Crippen LogP contribution is 2.36. The van der Waals surface area contributed by atoms with Crippen molar-refractivity contribution in [1.82, 2.24) is 10.4 Å². The van der Waals surface area contributed by atoms with Crippen molar-refractivity contribution in [2.45, 2.75) is 52.1 Å². The Morgan fingerprint density at radius 2 is 2.14 bits per heavy atom. The number of hydrogen-bond donors (Lipinski definition) is 2. The molecule has 0 radical (unpaired) electrons. The zero-order valence-corrected chi connectivity index (χ0v) is 13.6. The molecule has 0 aliphatic carbocycles. The zero-order valence-electron chi connectivity index (χ0n) is 13.6. The normalized spacial score (nSPS) is 22.4. The van der Waals surface area contributed by atoms with Crippen molar-refractivity contribution in [1.29, 1.82) is 0 Å². The molecule has 122 valence electrons. The molecule has 7 nitrogen and oxygen atoms in total. The van der Waals surface area contributed by atoms with Crippen molar-refractivity contribution in [3.63, 3.8) is 0 Å². The van der Waals surface area contributed by atoms with Crippen molar-refractivity contribution >= 4 is 5.91 Å². The molecular formula is C15H23N3O4. The Morgan fingerprint density at radius 3 is 2.64 bits per heavy atom. The van der Waals surface area contributed by atoms with Crippen molar-refractivity contribution < 1.29 is 19.0 Å². The van der Waals surface area contributed by atoms with Gasteiger partial charge in [-0.1, -0.05) is 0 Å². The fourth-order valence-electron chi connectivity index (χ4n) is 2.53. The maximum absolute atomic E-state index is 11.5. The van der Waals surface area contributed by atoms with Crippen molar-refractivity contribution in [3.8, 4) is 5.88 Å². The van der Waals surface area contributed by atoms with E-state index in [0.29, 0.717) is 18.1 Å². The Bertz CT molecular complexity index is 572. The summed E-state index contributed by atoms with van der Waals surface area (Å²) in [7, 11) is 0. The molecule has 0 unspecified atom stereocenters. The molecule has 1 aromatic heterocycles. The molecule has 1 saturated heterocycles. The molecule has 1 fully saturated rings. The lowest BCUT2D eigenvalue weighted by molar-refractivity contribution is -0.158. The van der Waals surface area contributed by atoms with Crippen LogP contribution in [0.1, 0.15) is 43.6 Å². The Hall–Kier alpha value is -1.70. The van der Waals surface area contributed by atoms with E-state index in [9.17, 15) is 4.79 Å². The molecule has 1 aliphatic rings. The van der Waals surface area contributed by atoms with Crippen LogP contribution in [0.4, 0.5) is 0 Å². The zero-order chi connectivity index (χ0) is 16.5. The number of carbonyl (C=O) groups excluding carboxylic acids is 1. The predicted molar refractivity (Wildman–Crippen MR) is 80.2 cm³/mol.